The number of phenols is 1. The lowest BCUT2D eigenvalue weighted by Gasteiger charge is -2.12. The maximum Gasteiger partial charge on any atom is 0.422 e. The van der Waals surface area contributed by atoms with Crippen LogP contribution in [0.2, 0.25) is 0 Å². The molecule has 2 rings (SSSR count). The van der Waals surface area contributed by atoms with Gasteiger partial charge in [-0.1, -0.05) is 6.07 Å². The number of aliphatic imine (C=N–C) groups is 1. The molecule has 0 aliphatic carbocycles. The van der Waals surface area contributed by atoms with E-state index in [0.29, 0.717) is 17.3 Å². The summed E-state index contributed by atoms with van der Waals surface area (Å²) >= 11 is 0. The normalized spacial score (nSPS) is 12.2. The second-order valence-corrected chi connectivity index (χ2v) is 5.26. The van der Waals surface area contributed by atoms with Crippen molar-refractivity contribution in [3.8, 4) is 5.75 Å². The van der Waals surface area contributed by atoms with Gasteiger partial charge in [-0.05, 0) is 31.0 Å². The molecule has 0 unspecified atom stereocenters. The highest BCUT2D eigenvalue weighted by atomic mass is 19.4. The Labute approximate surface area is 137 Å². The predicted octanol–water partition coefficient (Wildman–Crippen LogP) is 5.33. The Kier molecular flexibility index (Phi) is 4.79. The van der Waals surface area contributed by atoms with E-state index in [4.69, 9.17) is 0 Å². The zero-order valence-electron chi connectivity index (χ0n) is 12.8. The first kappa shape index (κ1) is 18.8. The third-order valence-electron chi connectivity index (χ3n) is 3.33. The number of rotatable bonds is 2. The second-order valence-electron chi connectivity index (χ2n) is 5.26. The molecule has 0 saturated carbocycles. The van der Waals surface area contributed by atoms with Gasteiger partial charge in [-0.15, -0.1) is 0 Å². The van der Waals surface area contributed by atoms with Crippen LogP contribution in [0.15, 0.2) is 17.1 Å². The molecular formula is C16H10F7NO. The van der Waals surface area contributed by atoms with Crippen molar-refractivity contribution in [1.29, 1.82) is 0 Å². The van der Waals surface area contributed by atoms with Crippen molar-refractivity contribution in [1.82, 2.24) is 0 Å². The number of phenolic OH excluding ortho intramolecular Hbond substituents is 1. The fraction of sp³-hybridized carbons (Fsp3) is 0.188. The van der Waals surface area contributed by atoms with Gasteiger partial charge in [0.1, 0.15) is 17.0 Å². The molecule has 25 heavy (non-hydrogen) atoms. The molecule has 0 spiro atoms. The summed E-state index contributed by atoms with van der Waals surface area (Å²) in [6, 6.07) is 2.95. The number of alkyl halides is 3. The molecule has 0 atom stereocenters. The average molecular weight is 365 g/mol. The van der Waals surface area contributed by atoms with Crippen molar-refractivity contribution < 1.29 is 35.8 Å². The number of aryl methyl sites for hydroxylation is 2. The summed E-state index contributed by atoms with van der Waals surface area (Å²) < 4.78 is 92.0. The molecule has 0 aliphatic heterocycles. The van der Waals surface area contributed by atoms with Gasteiger partial charge < -0.3 is 5.11 Å². The number of aromatic hydroxyl groups is 1. The van der Waals surface area contributed by atoms with Crippen LogP contribution in [0.3, 0.4) is 0 Å². The monoisotopic (exact) mass is 365 g/mol. The molecule has 2 aromatic rings. The molecule has 2 nitrogen and oxygen atoms in total. The lowest BCUT2D eigenvalue weighted by Crippen LogP contribution is -2.15. The smallest absolute Gasteiger partial charge is 0.422 e. The van der Waals surface area contributed by atoms with Crippen LogP contribution in [0.5, 0.6) is 5.75 Å². The predicted molar refractivity (Wildman–Crippen MR) is 76.1 cm³/mol. The summed E-state index contributed by atoms with van der Waals surface area (Å²) in [5, 5.41) is 9.82. The molecule has 0 fully saturated rings. The van der Waals surface area contributed by atoms with Crippen molar-refractivity contribution in [2.45, 2.75) is 20.0 Å². The quantitative estimate of drug-likeness (QED) is 0.435. The third kappa shape index (κ3) is 3.45. The van der Waals surface area contributed by atoms with Crippen molar-refractivity contribution >= 4 is 11.9 Å². The number of benzene rings is 2. The van der Waals surface area contributed by atoms with Gasteiger partial charge in [0.2, 0.25) is 0 Å². The van der Waals surface area contributed by atoms with E-state index in [1.165, 1.54) is 13.0 Å². The number of hydrogen-bond donors (Lipinski definition) is 1. The Hall–Kier alpha value is -2.58. The van der Waals surface area contributed by atoms with E-state index in [-0.39, 0.29) is 11.3 Å². The van der Waals surface area contributed by atoms with Crippen LogP contribution in [-0.2, 0) is 6.18 Å². The summed E-state index contributed by atoms with van der Waals surface area (Å²) in [4.78, 5) is 3.18. The van der Waals surface area contributed by atoms with Crippen molar-refractivity contribution in [2.24, 2.45) is 4.99 Å². The molecule has 1 N–H and O–H groups in total. The Morgan fingerprint density at radius 3 is 1.92 bits per heavy atom. The van der Waals surface area contributed by atoms with E-state index < -0.39 is 40.7 Å². The highest BCUT2D eigenvalue weighted by Gasteiger charge is 2.42. The van der Waals surface area contributed by atoms with Crippen molar-refractivity contribution in [3.05, 3.63) is 57.7 Å². The van der Waals surface area contributed by atoms with Crippen LogP contribution >= 0.6 is 0 Å². The number of halogens is 7. The van der Waals surface area contributed by atoms with Crippen LogP contribution in [0.25, 0.3) is 0 Å². The van der Waals surface area contributed by atoms with E-state index in [2.05, 4.69) is 4.99 Å². The van der Waals surface area contributed by atoms with Crippen LogP contribution in [0.4, 0.5) is 36.4 Å². The molecule has 0 bridgehead atoms. The van der Waals surface area contributed by atoms with E-state index in [9.17, 15) is 35.8 Å². The molecular weight excluding hydrogens is 355 g/mol. The van der Waals surface area contributed by atoms with Crippen LogP contribution in [0, 0.1) is 37.1 Å². The van der Waals surface area contributed by atoms with Gasteiger partial charge in [0, 0.05) is 11.8 Å². The topological polar surface area (TPSA) is 32.6 Å². The number of hydrogen-bond acceptors (Lipinski definition) is 2. The summed E-state index contributed by atoms with van der Waals surface area (Å²) in [6.07, 6.45) is -4.92. The first-order chi connectivity index (χ1) is 11.4. The van der Waals surface area contributed by atoms with Gasteiger partial charge in [0.15, 0.2) is 23.3 Å². The first-order valence-corrected chi connectivity index (χ1v) is 6.72. The van der Waals surface area contributed by atoms with Gasteiger partial charge in [-0.2, -0.15) is 13.2 Å². The van der Waals surface area contributed by atoms with E-state index >= 15 is 0 Å². The van der Waals surface area contributed by atoms with E-state index in [1.807, 2.05) is 0 Å². The molecule has 0 radical (unpaired) electrons. The lowest BCUT2D eigenvalue weighted by atomic mass is 10.1. The Morgan fingerprint density at radius 1 is 0.920 bits per heavy atom. The van der Waals surface area contributed by atoms with Gasteiger partial charge in [0.25, 0.3) is 0 Å². The molecule has 9 heteroatoms. The second kappa shape index (κ2) is 6.38. The molecule has 2 aromatic carbocycles. The minimum absolute atomic E-state index is 0.0305. The highest BCUT2D eigenvalue weighted by molar-refractivity contribution is 5.86. The van der Waals surface area contributed by atoms with E-state index in [0.717, 1.165) is 0 Å². The maximum atomic E-state index is 13.7. The molecule has 0 heterocycles. The number of nitrogens with zero attached hydrogens (tertiary/aromatic N) is 1. The summed E-state index contributed by atoms with van der Waals surface area (Å²) in [5.41, 5.74) is -3.23. The molecule has 0 aliphatic rings. The fourth-order valence-corrected chi connectivity index (χ4v) is 2.21. The summed E-state index contributed by atoms with van der Waals surface area (Å²) in [5.74, 6) is -10.1. The Balaban J connectivity index is 2.63. The largest absolute Gasteiger partial charge is 0.507 e. The maximum absolute atomic E-state index is 13.7. The summed E-state index contributed by atoms with van der Waals surface area (Å²) in [7, 11) is 0. The minimum Gasteiger partial charge on any atom is -0.507 e. The van der Waals surface area contributed by atoms with Gasteiger partial charge in [-0.3, -0.25) is 0 Å². The molecule has 0 amide bonds. The van der Waals surface area contributed by atoms with Gasteiger partial charge in [-0.25, -0.2) is 22.6 Å². The zero-order chi connectivity index (χ0) is 19.1. The van der Waals surface area contributed by atoms with E-state index in [1.54, 1.807) is 13.0 Å². The SMILES string of the molecule is Cc1cc(C)c(O)c(C=Nc2c(F)c(F)c(C(F)(F)F)c(F)c2F)c1. The minimum atomic E-state index is -5.62. The van der Waals surface area contributed by atoms with Crippen LogP contribution < -0.4 is 0 Å². The van der Waals surface area contributed by atoms with Crippen molar-refractivity contribution in [3.63, 3.8) is 0 Å². The standard InChI is InChI=1S/C16H10F7NO/c1-6-3-7(2)15(25)8(4-6)5-24-14-12(19)10(17)9(16(21,22)23)11(18)13(14)20/h3-5,25H,1-2H3. The molecule has 0 saturated heterocycles. The zero-order valence-corrected chi connectivity index (χ0v) is 12.8. The third-order valence-corrected chi connectivity index (χ3v) is 3.33. The lowest BCUT2D eigenvalue weighted by molar-refractivity contribution is -0.143. The Bertz CT molecular complexity index is 843. The molecule has 134 valence electrons. The van der Waals surface area contributed by atoms with Gasteiger partial charge in [0.05, 0.1) is 0 Å². The fourth-order valence-electron chi connectivity index (χ4n) is 2.21. The molecule has 0 aromatic heterocycles. The summed E-state index contributed by atoms with van der Waals surface area (Å²) in [6.45, 7) is 3.17. The Morgan fingerprint density at radius 2 is 1.44 bits per heavy atom. The first-order valence-electron chi connectivity index (χ1n) is 6.72. The highest BCUT2D eigenvalue weighted by Crippen LogP contribution is 2.39. The van der Waals surface area contributed by atoms with Crippen LogP contribution in [-0.4, -0.2) is 11.3 Å². The van der Waals surface area contributed by atoms with Crippen molar-refractivity contribution in [2.75, 3.05) is 0 Å². The van der Waals surface area contributed by atoms with Gasteiger partial charge >= 0.3 is 6.18 Å². The average Bonchev–Trinajstić information content (AvgIpc) is 2.48. The van der Waals surface area contributed by atoms with Crippen LogP contribution in [0.1, 0.15) is 22.3 Å².